The van der Waals surface area contributed by atoms with Gasteiger partial charge in [-0.05, 0) is 12.8 Å². The molecule has 6 nitrogen and oxygen atoms in total. The third kappa shape index (κ3) is 2.77. The maximum Gasteiger partial charge on any atom is 0.182 e. The van der Waals surface area contributed by atoms with Gasteiger partial charge < -0.3 is 9.45 Å². The lowest BCUT2D eigenvalue weighted by Crippen LogP contribution is -2.35. The van der Waals surface area contributed by atoms with Crippen molar-refractivity contribution in [2.24, 2.45) is 0 Å². The Balaban J connectivity index is 2.44. The molecule has 0 aliphatic carbocycles. The van der Waals surface area contributed by atoms with E-state index in [2.05, 4.69) is 4.18 Å². The highest BCUT2D eigenvalue weighted by Crippen LogP contribution is 2.16. The Morgan fingerprint density at radius 3 is 3.07 bits per heavy atom. The van der Waals surface area contributed by atoms with E-state index in [0.29, 0.717) is 13.0 Å². The number of nitriles is 1. The SMILES string of the molecule is N#CN1CCCC1C(=O)COS(=O)[O-]. The van der Waals surface area contributed by atoms with Crippen LogP contribution in [0.25, 0.3) is 0 Å². The molecule has 0 aromatic rings. The second-order valence-electron chi connectivity index (χ2n) is 2.88. The first-order valence-corrected chi connectivity index (χ1v) is 5.06. The molecule has 7 heteroatoms. The van der Waals surface area contributed by atoms with E-state index < -0.39 is 24.0 Å². The van der Waals surface area contributed by atoms with Crippen molar-refractivity contribution in [2.75, 3.05) is 13.2 Å². The van der Waals surface area contributed by atoms with E-state index in [-0.39, 0.29) is 5.78 Å². The molecule has 0 aromatic carbocycles. The number of carbonyl (C=O) groups excluding carboxylic acids is 1. The summed E-state index contributed by atoms with van der Waals surface area (Å²) in [6.07, 6.45) is 3.24. The monoisotopic (exact) mass is 217 g/mol. The van der Waals surface area contributed by atoms with Crippen molar-refractivity contribution in [3.05, 3.63) is 0 Å². The number of carbonyl (C=O) groups is 1. The highest BCUT2D eigenvalue weighted by molar-refractivity contribution is 7.74. The Bertz CT molecular complexity index is 288. The Labute approximate surface area is 83.9 Å². The predicted octanol–water partition coefficient (Wildman–Crippen LogP) is -0.688. The molecule has 0 spiro atoms. The van der Waals surface area contributed by atoms with Crippen LogP contribution in [-0.4, -0.2) is 38.6 Å². The molecular weight excluding hydrogens is 208 g/mol. The Hall–Kier alpha value is -0.970. The number of hydrogen-bond acceptors (Lipinski definition) is 6. The smallest absolute Gasteiger partial charge is 0.182 e. The molecule has 78 valence electrons. The molecule has 0 amide bonds. The van der Waals surface area contributed by atoms with E-state index in [1.54, 1.807) is 0 Å². The maximum absolute atomic E-state index is 11.3. The van der Waals surface area contributed by atoms with Crippen molar-refractivity contribution < 1.29 is 17.7 Å². The van der Waals surface area contributed by atoms with Gasteiger partial charge in [-0.3, -0.25) is 8.98 Å². The molecule has 2 atom stereocenters. The maximum atomic E-state index is 11.3. The Kier molecular flexibility index (Phi) is 4.00. The van der Waals surface area contributed by atoms with Gasteiger partial charge in [-0.1, -0.05) is 0 Å². The minimum Gasteiger partial charge on any atom is -0.750 e. The highest BCUT2D eigenvalue weighted by atomic mass is 32.2. The third-order valence-electron chi connectivity index (χ3n) is 2.05. The molecule has 0 N–H and O–H groups in total. The summed E-state index contributed by atoms with van der Waals surface area (Å²) >= 11 is -2.67. The van der Waals surface area contributed by atoms with Gasteiger partial charge >= 0.3 is 0 Å². The quantitative estimate of drug-likeness (QED) is 0.457. The number of ketones is 1. The van der Waals surface area contributed by atoms with Gasteiger partial charge in [-0.2, -0.15) is 5.26 Å². The lowest BCUT2D eigenvalue weighted by Gasteiger charge is -2.16. The lowest BCUT2D eigenvalue weighted by molar-refractivity contribution is -0.124. The van der Waals surface area contributed by atoms with Crippen molar-refractivity contribution in [3.63, 3.8) is 0 Å². The molecule has 14 heavy (non-hydrogen) atoms. The topological polar surface area (TPSA) is 93.5 Å². The number of Topliss-reactive ketones (excluding diaryl/α,β-unsaturated/α-hetero) is 1. The van der Waals surface area contributed by atoms with Crippen molar-refractivity contribution >= 4 is 17.1 Å². The fourth-order valence-corrected chi connectivity index (χ4v) is 1.64. The van der Waals surface area contributed by atoms with Crippen LogP contribution in [0.4, 0.5) is 0 Å². The van der Waals surface area contributed by atoms with Gasteiger partial charge in [0.15, 0.2) is 12.0 Å². The first kappa shape index (κ1) is 11.1. The van der Waals surface area contributed by atoms with Crippen molar-refractivity contribution in [1.29, 1.82) is 5.26 Å². The summed E-state index contributed by atoms with van der Waals surface area (Å²) < 4.78 is 24.2. The molecule has 1 saturated heterocycles. The van der Waals surface area contributed by atoms with Crippen LogP contribution < -0.4 is 0 Å². The van der Waals surface area contributed by atoms with Crippen LogP contribution >= 0.6 is 0 Å². The van der Waals surface area contributed by atoms with Gasteiger partial charge in [-0.15, -0.1) is 0 Å². The summed E-state index contributed by atoms with van der Waals surface area (Å²) in [5.74, 6) is -0.367. The third-order valence-corrected chi connectivity index (χ3v) is 2.36. The Morgan fingerprint density at radius 1 is 1.79 bits per heavy atom. The lowest BCUT2D eigenvalue weighted by atomic mass is 10.1. The average molecular weight is 217 g/mol. The second kappa shape index (κ2) is 5.05. The molecule has 0 bridgehead atoms. The first-order valence-electron chi connectivity index (χ1n) is 4.06. The van der Waals surface area contributed by atoms with Gasteiger partial charge in [0.2, 0.25) is 0 Å². The van der Waals surface area contributed by atoms with E-state index in [4.69, 9.17) is 5.26 Å². The zero-order valence-corrected chi connectivity index (χ0v) is 8.16. The highest BCUT2D eigenvalue weighted by Gasteiger charge is 2.29. The number of rotatable bonds is 4. The largest absolute Gasteiger partial charge is 0.750 e. The second-order valence-corrected chi connectivity index (χ2v) is 3.53. The summed E-state index contributed by atoms with van der Waals surface area (Å²) in [4.78, 5) is 12.7. The van der Waals surface area contributed by atoms with Crippen LogP contribution in [0, 0.1) is 11.5 Å². The van der Waals surface area contributed by atoms with E-state index in [1.165, 1.54) is 4.90 Å². The van der Waals surface area contributed by atoms with Gasteiger partial charge in [0, 0.05) is 6.54 Å². The number of likely N-dealkylation sites (tertiary alicyclic amines) is 1. The van der Waals surface area contributed by atoms with Crippen LogP contribution in [-0.2, 0) is 20.3 Å². The molecule has 1 aliphatic heterocycles. The van der Waals surface area contributed by atoms with Crippen molar-refractivity contribution in [1.82, 2.24) is 4.90 Å². The van der Waals surface area contributed by atoms with Gasteiger partial charge in [0.1, 0.15) is 6.61 Å². The summed E-state index contributed by atoms with van der Waals surface area (Å²) in [6, 6.07) is -0.511. The van der Waals surface area contributed by atoms with E-state index >= 15 is 0 Å². The van der Waals surface area contributed by atoms with Crippen molar-refractivity contribution in [3.8, 4) is 6.19 Å². The van der Waals surface area contributed by atoms with Crippen LogP contribution in [0.3, 0.4) is 0 Å². The first-order chi connectivity index (χ1) is 6.65. The van der Waals surface area contributed by atoms with Crippen LogP contribution in [0.2, 0.25) is 0 Å². The minimum atomic E-state index is -2.67. The summed E-state index contributed by atoms with van der Waals surface area (Å²) in [6.45, 7) is 0.0618. The van der Waals surface area contributed by atoms with Gasteiger partial charge in [-0.25, -0.2) is 4.21 Å². The molecular formula is C7H9N2O4S-. The zero-order chi connectivity index (χ0) is 10.6. The normalized spacial score (nSPS) is 23.1. The van der Waals surface area contributed by atoms with E-state index in [0.717, 1.165) is 6.42 Å². The molecule has 0 saturated carbocycles. The van der Waals surface area contributed by atoms with Crippen LogP contribution in [0.5, 0.6) is 0 Å². The van der Waals surface area contributed by atoms with E-state index in [9.17, 15) is 13.6 Å². The fourth-order valence-electron chi connectivity index (χ4n) is 1.42. The Morgan fingerprint density at radius 2 is 2.50 bits per heavy atom. The van der Waals surface area contributed by atoms with Gasteiger partial charge in [0.25, 0.3) is 0 Å². The standard InChI is InChI=1S/C7H10N2O4S/c8-5-9-3-1-2-6(9)7(10)4-13-14(11)12/h6H,1-4H2,(H,11,12)/p-1. The summed E-state index contributed by atoms with van der Waals surface area (Å²) in [7, 11) is 0. The minimum absolute atomic E-state index is 0.367. The summed E-state index contributed by atoms with van der Waals surface area (Å²) in [5.41, 5.74) is 0. The van der Waals surface area contributed by atoms with E-state index in [1.807, 2.05) is 6.19 Å². The molecule has 1 fully saturated rings. The molecule has 0 aromatic heterocycles. The summed E-state index contributed by atoms with van der Waals surface area (Å²) in [5, 5.41) is 8.62. The molecule has 2 unspecified atom stereocenters. The molecule has 1 aliphatic rings. The molecule has 0 radical (unpaired) electrons. The number of hydrogen-bond donors (Lipinski definition) is 0. The van der Waals surface area contributed by atoms with Crippen molar-refractivity contribution in [2.45, 2.75) is 18.9 Å². The predicted molar refractivity (Wildman–Crippen MR) is 45.2 cm³/mol. The molecule has 1 rings (SSSR count). The number of nitrogens with zero attached hydrogens (tertiary/aromatic N) is 2. The van der Waals surface area contributed by atoms with Gasteiger partial charge in [0.05, 0.1) is 17.4 Å². The fraction of sp³-hybridized carbons (Fsp3) is 0.714. The average Bonchev–Trinajstić information content (AvgIpc) is 2.61. The van der Waals surface area contributed by atoms with Crippen LogP contribution in [0.1, 0.15) is 12.8 Å². The molecule has 1 heterocycles. The zero-order valence-electron chi connectivity index (χ0n) is 7.34. The van der Waals surface area contributed by atoms with Crippen LogP contribution in [0.15, 0.2) is 0 Å².